The van der Waals surface area contributed by atoms with Crippen LogP contribution >= 0.6 is 0 Å². The maximum atomic E-state index is 11.7. The van der Waals surface area contributed by atoms with Crippen molar-refractivity contribution in [3.8, 4) is 5.75 Å². The Morgan fingerprint density at radius 1 is 1.47 bits per heavy atom. The third kappa shape index (κ3) is 3.77. The molecule has 0 aromatic heterocycles. The molecule has 1 unspecified atom stereocenters. The van der Waals surface area contributed by atoms with Gasteiger partial charge in [-0.05, 0) is 51.0 Å². The number of hydrogen-bond donors (Lipinski definition) is 2. The molecule has 1 heterocycles. The molecule has 0 fully saturated rings. The molecule has 0 saturated carbocycles. The van der Waals surface area contributed by atoms with Gasteiger partial charge in [0.05, 0.1) is 6.04 Å². The predicted octanol–water partition coefficient (Wildman–Crippen LogP) is 2.10. The van der Waals surface area contributed by atoms with Crippen LogP contribution in [0.15, 0.2) is 18.2 Å². The number of anilines is 1. The third-order valence-corrected chi connectivity index (χ3v) is 2.71. The van der Waals surface area contributed by atoms with Gasteiger partial charge in [-0.1, -0.05) is 0 Å². The van der Waals surface area contributed by atoms with Crippen LogP contribution in [-0.4, -0.2) is 24.3 Å². The molecule has 0 bridgehead atoms. The standard InChI is InChI=1S/C14H20N2O3/c1-14(2,3)19-13(17)16-11-7-9-6-10(15)4-5-12(9)18-8-11/h4-6,11H,7-8,15H2,1-3H3,(H,16,17). The molecular weight excluding hydrogens is 244 g/mol. The first-order valence-electron chi connectivity index (χ1n) is 6.34. The van der Waals surface area contributed by atoms with Crippen LogP contribution in [0.2, 0.25) is 0 Å². The van der Waals surface area contributed by atoms with Crippen molar-refractivity contribution in [2.24, 2.45) is 0 Å². The zero-order valence-electron chi connectivity index (χ0n) is 11.5. The number of alkyl carbamates (subject to hydrolysis) is 1. The third-order valence-electron chi connectivity index (χ3n) is 2.71. The summed E-state index contributed by atoms with van der Waals surface area (Å²) in [6, 6.07) is 5.44. The van der Waals surface area contributed by atoms with Crippen molar-refractivity contribution in [2.75, 3.05) is 12.3 Å². The summed E-state index contributed by atoms with van der Waals surface area (Å²) in [4.78, 5) is 11.7. The van der Waals surface area contributed by atoms with Gasteiger partial charge in [-0.25, -0.2) is 4.79 Å². The Labute approximate surface area is 113 Å². The molecule has 2 rings (SSSR count). The number of nitrogen functional groups attached to an aromatic ring is 1. The summed E-state index contributed by atoms with van der Waals surface area (Å²) in [5, 5.41) is 2.81. The molecule has 5 heteroatoms. The highest BCUT2D eigenvalue weighted by atomic mass is 16.6. The summed E-state index contributed by atoms with van der Waals surface area (Å²) in [6.45, 7) is 5.94. The fourth-order valence-electron chi connectivity index (χ4n) is 1.98. The highest BCUT2D eigenvalue weighted by Crippen LogP contribution is 2.26. The summed E-state index contributed by atoms with van der Waals surface area (Å²) in [7, 11) is 0. The van der Waals surface area contributed by atoms with Crippen molar-refractivity contribution in [1.29, 1.82) is 0 Å². The van der Waals surface area contributed by atoms with Crippen LogP contribution in [0.4, 0.5) is 10.5 Å². The molecule has 3 N–H and O–H groups in total. The van der Waals surface area contributed by atoms with Gasteiger partial charge in [-0.15, -0.1) is 0 Å². The molecule has 19 heavy (non-hydrogen) atoms. The SMILES string of the molecule is CC(C)(C)OC(=O)NC1COc2ccc(N)cc2C1. The van der Waals surface area contributed by atoms with Gasteiger partial charge >= 0.3 is 6.09 Å². The van der Waals surface area contributed by atoms with E-state index in [1.54, 1.807) is 6.07 Å². The van der Waals surface area contributed by atoms with Crippen molar-refractivity contribution in [3.05, 3.63) is 23.8 Å². The van der Waals surface area contributed by atoms with Gasteiger partial charge in [0.1, 0.15) is 18.0 Å². The molecule has 104 valence electrons. The first-order chi connectivity index (χ1) is 8.83. The predicted molar refractivity (Wildman–Crippen MR) is 73.2 cm³/mol. The molecule has 1 aliphatic rings. The van der Waals surface area contributed by atoms with Crippen molar-refractivity contribution in [3.63, 3.8) is 0 Å². The van der Waals surface area contributed by atoms with Crippen LogP contribution < -0.4 is 15.8 Å². The van der Waals surface area contributed by atoms with Gasteiger partial charge in [0.2, 0.25) is 0 Å². The van der Waals surface area contributed by atoms with E-state index in [4.69, 9.17) is 15.2 Å². The van der Waals surface area contributed by atoms with Crippen LogP contribution in [-0.2, 0) is 11.2 Å². The van der Waals surface area contributed by atoms with Gasteiger partial charge in [-0.3, -0.25) is 0 Å². The number of benzene rings is 1. The van der Waals surface area contributed by atoms with Gasteiger partial charge < -0.3 is 20.5 Å². The Balaban J connectivity index is 1.96. The molecule has 0 saturated heterocycles. The van der Waals surface area contributed by atoms with E-state index in [0.717, 1.165) is 11.3 Å². The van der Waals surface area contributed by atoms with E-state index < -0.39 is 11.7 Å². The molecule has 1 atom stereocenters. The summed E-state index contributed by atoms with van der Waals surface area (Å²) in [6.07, 6.45) is 0.271. The van der Waals surface area contributed by atoms with Gasteiger partial charge in [0.15, 0.2) is 0 Å². The van der Waals surface area contributed by atoms with E-state index in [9.17, 15) is 4.79 Å². The Morgan fingerprint density at radius 3 is 2.89 bits per heavy atom. The van der Waals surface area contributed by atoms with Crippen molar-refractivity contribution in [1.82, 2.24) is 5.32 Å². The average molecular weight is 264 g/mol. The second kappa shape index (κ2) is 4.99. The minimum atomic E-state index is -0.498. The van der Waals surface area contributed by atoms with Gasteiger partial charge in [0.25, 0.3) is 0 Å². The number of rotatable bonds is 1. The van der Waals surface area contributed by atoms with E-state index in [2.05, 4.69) is 5.32 Å². The van der Waals surface area contributed by atoms with E-state index in [0.29, 0.717) is 18.7 Å². The molecule has 0 aliphatic carbocycles. The molecule has 1 aromatic rings. The minimum Gasteiger partial charge on any atom is -0.491 e. The quantitative estimate of drug-likeness (QED) is 0.762. The van der Waals surface area contributed by atoms with Crippen LogP contribution in [0.1, 0.15) is 26.3 Å². The lowest BCUT2D eigenvalue weighted by molar-refractivity contribution is 0.0482. The molecule has 1 aliphatic heterocycles. The Kier molecular flexibility index (Phi) is 3.55. The van der Waals surface area contributed by atoms with E-state index >= 15 is 0 Å². The van der Waals surface area contributed by atoms with E-state index in [1.165, 1.54) is 0 Å². The maximum Gasteiger partial charge on any atom is 0.408 e. The van der Waals surface area contributed by atoms with Crippen LogP contribution in [0.3, 0.4) is 0 Å². The summed E-state index contributed by atoms with van der Waals surface area (Å²) < 4.78 is 10.8. The second-order valence-corrected chi connectivity index (χ2v) is 5.73. The molecule has 5 nitrogen and oxygen atoms in total. The topological polar surface area (TPSA) is 73.6 Å². The highest BCUT2D eigenvalue weighted by molar-refractivity contribution is 5.68. The number of amides is 1. The van der Waals surface area contributed by atoms with Crippen LogP contribution in [0.5, 0.6) is 5.75 Å². The number of carbonyl (C=O) groups excluding carboxylic acids is 1. The normalized spacial score (nSPS) is 18.2. The summed E-state index contributed by atoms with van der Waals surface area (Å²) in [5.74, 6) is 0.830. The first-order valence-corrected chi connectivity index (χ1v) is 6.34. The molecule has 1 amide bonds. The number of nitrogens with two attached hydrogens (primary N) is 1. The monoisotopic (exact) mass is 264 g/mol. The smallest absolute Gasteiger partial charge is 0.408 e. The fourth-order valence-corrected chi connectivity index (χ4v) is 1.98. The molecule has 1 aromatic carbocycles. The number of carbonyl (C=O) groups is 1. The number of ether oxygens (including phenoxy) is 2. The molecule has 0 radical (unpaired) electrons. The largest absolute Gasteiger partial charge is 0.491 e. The fraction of sp³-hybridized carbons (Fsp3) is 0.500. The number of nitrogens with one attached hydrogen (secondary N) is 1. The zero-order chi connectivity index (χ0) is 14.0. The number of hydrogen-bond acceptors (Lipinski definition) is 4. The van der Waals surface area contributed by atoms with Crippen molar-refractivity contribution < 1.29 is 14.3 Å². The Hall–Kier alpha value is -1.91. The zero-order valence-corrected chi connectivity index (χ0v) is 11.5. The Bertz CT molecular complexity index is 480. The Morgan fingerprint density at radius 2 is 2.21 bits per heavy atom. The lowest BCUT2D eigenvalue weighted by Crippen LogP contribution is -2.44. The summed E-state index contributed by atoms with van der Waals surface area (Å²) >= 11 is 0. The maximum absolute atomic E-state index is 11.7. The minimum absolute atomic E-state index is 0.0934. The molecular formula is C14H20N2O3. The average Bonchev–Trinajstić information content (AvgIpc) is 2.25. The first kappa shape index (κ1) is 13.5. The van der Waals surface area contributed by atoms with Crippen LogP contribution in [0.25, 0.3) is 0 Å². The van der Waals surface area contributed by atoms with Crippen molar-refractivity contribution in [2.45, 2.75) is 38.8 Å². The van der Waals surface area contributed by atoms with Crippen LogP contribution in [0, 0.1) is 0 Å². The van der Waals surface area contributed by atoms with Gasteiger partial charge in [0, 0.05) is 5.69 Å². The molecule has 0 spiro atoms. The number of fused-ring (bicyclic) bond motifs is 1. The van der Waals surface area contributed by atoms with E-state index in [-0.39, 0.29) is 6.04 Å². The summed E-state index contributed by atoms with van der Waals surface area (Å²) in [5.41, 5.74) is 6.95. The van der Waals surface area contributed by atoms with Crippen molar-refractivity contribution >= 4 is 11.8 Å². The van der Waals surface area contributed by atoms with Gasteiger partial charge in [-0.2, -0.15) is 0 Å². The lowest BCUT2D eigenvalue weighted by atomic mass is 10.0. The van der Waals surface area contributed by atoms with E-state index in [1.807, 2.05) is 32.9 Å². The lowest BCUT2D eigenvalue weighted by Gasteiger charge is -2.27. The second-order valence-electron chi connectivity index (χ2n) is 5.73. The highest BCUT2D eigenvalue weighted by Gasteiger charge is 2.24.